The summed E-state index contributed by atoms with van der Waals surface area (Å²) in [4.78, 5) is 17.1. The second kappa shape index (κ2) is 6.76. The third kappa shape index (κ3) is 2.72. The molecule has 3 fully saturated rings. The van der Waals surface area contributed by atoms with Gasteiger partial charge in [0, 0.05) is 25.9 Å². The van der Waals surface area contributed by atoms with Gasteiger partial charge in [0.25, 0.3) is 0 Å². The van der Waals surface area contributed by atoms with Crippen LogP contribution in [0.3, 0.4) is 0 Å². The molecule has 2 aromatic rings. The van der Waals surface area contributed by atoms with Gasteiger partial charge in [-0.3, -0.25) is 9.69 Å². The molecule has 5 nitrogen and oxygen atoms in total. The minimum absolute atomic E-state index is 0.0525. The number of methoxy groups -OCH3 is 1. The fourth-order valence-corrected chi connectivity index (χ4v) is 5.26. The Morgan fingerprint density at radius 2 is 2.07 bits per heavy atom. The zero-order chi connectivity index (χ0) is 19.3. The van der Waals surface area contributed by atoms with Crippen LogP contribution in [0.1, 0.15) is 30.1 Å². The Labute approximate surface area is 169 Å². The summed E-state index contributed by atoms with van der Waals surface area (Å²) in [6.07, 6.45) is 1.31. The normalized spacial score (nSPS) is 29.2. The summed E-state index contributed by atoms with van der Waals surface area (Å²) in [7, 11) is 1.62. The monoisotopic (exact) mass is 398 g/mol. The van der Waals surface area contributed by atoms with Crippen molar-refractivity contribution in [3.8, 4) is 5.75 Å². The Hall–Kier alpha value is -2.08. The van der Waals surface area contributed by atoms with Gasteiger partial charge in [-0.05, 0) is 23.3 Å². The molecule has 3 aliphatic rings. The van der Waals surface area contributed by atoms with E-state index in [1.165, 1.54) is 0 Å². The fourth-order valence-electron chi connectivity index (χ4n) is 4.98. The summed E-state index contributed by atoms with van der Waals surface area (Å²) in [5, 5.41) is 0.610. The lowest BCUT2D eigenvalue weighted by molar-refractivity contribution is -0.138. The molecule has 5 rings (SSSR count). The predicted molar refractivity (Wildman–Crippen MR) is 106 cm³/mol. The largest absolute Gasteiger partial charge is 0.495 e. The van der Waals surface area contributed by atoms with E-state index in [1.807, 2.05) is 41.3 Å². The lowest BCUT2D eigenvalue weighted by atomic mass is 10.1. The van der Waals surface area contributed by atoms with Gasteiger partial charge in [0.15, 0.2) is 5.72 Å². The summed E-state index contributed by atoms with van der Waals surface area (Å²) in [6.45, 7) is 2.29. The average Bonchev–Trinajstić information content (AvgIpc) is 3.32. The molecule has 6 heteroatoms. The van der Waals surface area contributed by atoms with E-state index in [2.05, 4.69) is 17.0 Å². The first-order valence-corrected chi connectivity index (χ1v) is 10.1. The first kappa shape index (κ1) is 18.0. The molecule has 28 heavy (non-hydrogen) atoms. The summed E-state index contributed by atoms with van der Waals surface area (Å²) >= 11 is 6.29. The average molecular weight is 399 g/mol. The Bertz CT molecular complexity index is 906. The number of hydrogen-bond acceptors (Lipinski definition) is 4. The van der Waals surface area contributed by atoms with Gasteiger partial charge >= 0.3 is 0 Å². The van der Waals surface area contributed by atoms with Crippen molar-refractivity contribution in [1.82, 2.24) is 9.80 Å². The molecular weight excluding hydrogens is 376 g/mol. The van der Waals surface area contributed by atoms with Crippen LogP contribution in [0.5, 0.6) is 5.75 Å². The van der Waals surface area contributed by atoms with Crippen molar-refractivity contribution in [2.45, 2.75) is 37.3 Å². The third-order valence-electron chi connectivity index (χ3n) is 6.31. The van der Waals surface area contributed by atoms with Crippen LogP contribution in [0.25, 0.3) is 0 Å². The summed E-state index contributed by atoms with van der Waals surface area (Å²) in [5.41, 5.74) is 1.76. The van der Waals surface area contributed by atoms with Gasteiger partial charge in [-0.2, -0.15) is 0 Å². The maximum atomic E-state index is 12.8. The lowest BCUT2D eigenvalue weighted by Gasteiger charge is -2.32. The number of rotatable bonds is 4. The number of ether oxygens (including phenoxy) is 2. The molecule has 146 valence electrons. The molecule has 0 unspecified atom stereocenters. The maximum absolute atomic E-state index is 12.8. The van der Waals surface area contributed by atoms with Crippen LogP contribution in [0.4, 0.5) is 0 Å². The SMILES string of the molecule is COc1ccc(CN2CC[C@@]34O[C@@H](c5ccccc5)CN3C(=O)C[C@@H]24)cc1Cl. The Morgan fingerprint density at radius 1 is 1.25 bits per heavy atom. The van der Waals surface area contributed by atoms with E-state index >= 15 is 0 Å². The molecule has 3 atom stereocenters. The molecule has 3 saturated heterocycles. The molecule has 1 spiro atoms. The first-order chi connectivity index (χ1) is 13.6. The van der Waals surface area contributed by atoms with Crippen LogP contribution < -0.4 is 4.74 Å². The molecule has 0 aromatic heterocycles. The Kier molecular flexibility index (Phi) is 4.34. The number of nitrogens with zero attached hydrogens (tertiary/aromatic N) is 2. The van der Waals surface area contributed by atoms with E-state index in [4.69, 9.17) is 21.1 Å². The van der Waals surface area contributed by atoms with E-state index in [1.54, 1.807) is 7.11 Å². The van der Waals surface area contributed by atoms with E-state index in [-0.39, 0.29) is 18.1 Å². The highest BCUT2D eigenvalue weighted by molar-refractivity contribution is 6.32. The van der Waals surface area contributed by atoms with Gasteiger partial charge < -0.3 is 14.4 Å². The van der Waals surface area contributed by atoms with E-state index in [9.17, 15) is 4.79 Å². The molecule has 3 aliphatic heterocycles. The lowest BCUT2D eigenvalue weighted by Crippen LogP contribution is -2.47. The summed E-state index contributed by atoms with van der Waals surface area (Å²) < 4.78 is 11.8. The summed E-state index contributed by atoms with van der Waals surface area (Å²) in [5.74, 6) is 0.872. The molecule has 0 aliphatic carbocycles. The molecule has 1 amide bonds. The van der Waals surface area contributed by atoms with Crippen LogP contribution in [0.15, 0.2) is 48.5 Å². The van der Waals surface area contributed by atoms with Gasteiger partial charge in [-0.1, -0.05) is 48.0 Å². The van der Waals surface area contributed by atoms with Crippen LogP contribution in [-0.4, -0.2) is 47.7 Å². The van der Waals surface area contributed by atoms with Crippen LogP contribution in [-0.2, 0) is 16.1 Å². The van der Waals surface area contributed by atoms with Gasteiger partial charge in [0.2, 0.25) is 5.91 Å². The number of hydrogen-bond donors (Lipinski definition) is 0. The van der Waals surface area contributed by atoms with Crippen molar-refractivity contribution in [3.05, 3.63) is 64.7 Å². The zero-order valence-corrected chi connectivity index (χ0v) is 16.6. The Balaban J connectivity index is 1.38. The van der Waals surface area contributed by atoms with Crippen molar-refractivity contribution in [3.63, 3.8) is 0 Å². The molecular formula is C22H23ClN2O3. The maximum Gasteiger partial charge on any atom is 0.226 e. The molecule has 0 radical (unpaired) electrons. The summed E-state index contributed by atoms with van der Waals surface area (Å²) in [6, 6.07) is 16.2. The standard InChI is InChI=1S/C22H23ClN2O3/c1-27-18-8-7-15(11-17(18)23)13-24-10-9-22-20(24)12-21(26)25(22)14-19(28-22)16-5-3-2-4-6-16/h2-8,11,19-20H,9-10,12-14H2,1H3/t19-,20-,22+/m1/s1. The molecule has 0 saturated carbocycles. The number of halogens is 1. The molecule has 2 aromatic carbocycles. The Morgan fingerprint density at radius 3 is 2.82 bits per heavy atom. The van der Waals surface area contributed by atoms with Gasteiger partial charge in [-0.15, -0.1) is 0 Å². The third-order valence-corrected chi connectivity index (χ3v) is 6.61. The second-order valence-electron chi connectivity index (χ2n) is 7.78. The number of benzene rings is 2. The van der Waals surface area contributed by atoms with Crippen molar-refractivity contribution >= 4 is 17.5 Å². The van der Waals surface area contributed by atoms with Crippen molar-refractivity contribution in [2.24, 2.45) is 0 Å². The van der Waals surface area contributed by atoms with Crippen LogP contribution in [0.2, 0.25) is 5.02 Å². The van der Waals surface area contributed by atoms with Gasteiger partial charge in [0.05, 0.1) is 24.7 Å². The predicted octanol–water partition coefficient (Wildman–Crippen LogP) is 3.62. The molecule has 0 bridgehead atoms. The van der Waals surface area contributed by atoms with Crippen LogP contribution >= 0.6 is 11.6 Å². The number of carbonyl (C=O) groups is 1. The van der Waals surface area contributed by atoms with Gasteiger partial charge in [0.1, 0.15) is 11.9 Å². The molecule has 3 heterocycles. The van der Waals surface area contributed by atoms with E-state index < -0.39 is 5.72 Å². The smallest absolute Gasteiger partial charge is 0.226 e. The quantitative estimate of drug-likeness (QED) is 0.788. The van der Waals surface area contributed by atoms with E-state index in [0.29, 0.717) is 23.7 Å². The number of amides is 1. The van der Waals surface area contributed by atoms with Gasteiger partial charge in [-0.25, -0.2) is 0 Å². The minimum atomic E-state index is -0.492. The highest BCUT2D eigenvalue weighted by Gasteiger charge is 2.63. The van der Waals surface area contributed by atoms with Crippen molar-refractivity contribution in [2.75, 3.05) is 20.2 Å². The second-order valence-corrected chi connectivity index (χ2v) is 8.18. The molecule has 0 N–H and O–H groups in total. The number of likely N-dealkylation sites (tertiary alicyclic amines) is 1. The zero-order valence-electron chi connectivity index (χ0n) is 15.8. The van der Waals surface area contributed by atoms with E-state index in [0.717, 1.165) is 30.6 Å². The first-order valence-electron chi connectivity index (χ1n) is 9.70. The topological polar surface area (TPSA) is 42.0 Å². The number of carbonyl (C=O) groups excluding carboxylic acids is 1. The van der Waals surface area contributed by atoms with Crippen molar-refractivity contribution < 1.29 is 14.3 Å². The van der Waals surface area contributed by atoms with Crippen molar-refractivity contribution in [1.29, 1.82) is 0 Å². The van der Waals surface area contributed by atoms with Crippen LogP contribution in [0, 0.1) is 0 Å². The fraction of sp³-hybridized carbons (Fsp3) is 0.409. The minimum Gasteiger partial charge on any atom is -0.495 e. The highest BCUT2D eigenvalue weighted by Crippen LogP contribution is 2.50. The highest BCUT2D eigenvalue weighted by atomic mass is 35.5.